The molecule has 2 aromatic heterocycles. The van der Waals surface area contributed by atoms with Crippen LogP contribution in [0.25, 0.3) is 5.57 Å². The zero-order valence-corrected chi connectivity index (χ0v) is 16.9. The van der Waals surface area contributed by atoms with Crippen LogP contribution < -0.4 is 10.2 Å². The lowest BCUT2D eigenvalue weighted by Gasteiger charge is -2.30. The summed E-state index contributed by atoms with van der Waals surface area (Å²) < 4.78 is 54.9. The number of benzene rings is 1. The number of carbonyl (C=O) groups is 1. The molecule has 0 saturated heterocycles. The molecule has 0 bridgehead atoms. The maximum atomic E-state index is 14.2. The average Bonchev–Trinajstić information content (AvgIpc) is 2.75. The molecule has 0 unspecified atom stereocenters. The van der Waals surface area contributed by atoms with Gasteiger partial charge in [0.15, 0.2) is 17.5 Å². The first-order chi connectivity index (χ1) is 15.3. The monoisotopic (exact) mass is 443 g/mol. The SMILES string of the molecule is CC1=C(c2cnc(NC(=O)c3c(F)cccc3F)cn2)CN(c2ncc(F)cc2F)CC1. The molecule has 0 aliphatic carbocycles. The molecule has 3 aromatic rings. The fraction of sp³-hybridized carbons (Fsp3) is 0.182. The second-order valence-electron chi connectivity index (χ2n) is 7.23. The van der Waals surface area contributed by atoms with E-state index in [0.717, 1.165) is 41.6 Å². The molecular weight excluding hydrogens is 426 g/mol. The van der Waals surface area contributed by atoms with Gasteiger partial charge in [0.25, 0.3) is 5.91 Å². The second-order valence-corrected chi connectivity index (χ2v) is 7.23. The zero-order chi connectivity index (χ0) is 22.8. The van der Waals surface area contributed by atoms with Gasteiger partial charge in [-0.05, 0) is 31.1 Å². The first kappa shape index (κ1) is 21.4. The Morgan fingerprint density at radius 1 is 1.00 bits per heavy atom. The number of pyridine rings is 1. The van der Waals surface area contributed by atoms with Crippen molar-refractivity contribution in [1.29, 1.82) is 0 Å². The Bertz CT molecular complexity index is 1190. The van der Waals surface area contributed by atoms with Crippen molar-refractivity contribution in [1.82, 2.24) is 15.0 Å². The molecule has 1 amide bonds. The number of anilines is 2. The number of nitrogens with one attached hydrogen (secondary N) is 1. The van der Waals surface area contributed by atoms with E-state index in [0.29, 0.717) is 18.7 Å². The van der Waals surface area contributed by atoms with Gasteiger partial charge < -0.3 is 10.2 Å². The molecule has 1 aliphatic heterocycles. The van der Waals surface area contributed by atoms with Crippen molar-refractivity contribution < 1.29 is 22.4 Å². The Hall–Kier alpha value is -3.82. The maximum Gasteiger partial charge on any atom is 0.262 e. The van der Waals surface area contributed by atoms with Gasteiger partial charge in [-0.1, -0.05) is 11.6 Å². The third-order valence-electron chi connectivity index (χ3n) is 5.10. The van der Waals surface area contributed by atoms with Gasteiger partial charge in [-0.3, -0.25) is 9.78 Å². The minimum atomic E-state index is -0.989. The maximum absolute atomic E-state index is 14.2. The van der Waals surface area contributed by atoms with Gasteiger partial charge in [-0.15, -0.1) is 0 Å². The van der Waals surface area contributed by atoms with E-state index in [1.807, 2.05) is 6.92 Å². The van der Waals surface area contributed by atoms with E-state index in [9.17, 15) is 22.4 Å². The third-order valence-corrected chi connectivity index (χ3v) is 5.10. The molecule has 1 aromatic carbocycles. The first-order valence-electron chi connectivity index (χ1n) is 9.66. The highest BCUT2D eigenvalue weighted by molar-refractivity contribution is 6.04. The second kappa shape index (κ2) is 8.74. The lowest BCUT2D eigenvalue weighted by Crippen LogP contribution is -2.32. The molecule has 164 valence electrons. The average molecular weight is 443 g/mol. The van der Waals surface area contributed by atoms with Crippen LogP contribution >= 0.6 is 0 Å². The van der Waals surface area contributed by atoms with Crippen LogP contribution in [0.15, 0.2) is 48.4 Å². The molecule has 0 radical (unpaired) electrons. The quantitative estimate of drug-likeness (QED) is 0.607. The topological polar surface area (TPSA) is 71.0 Å². The van der Waals surface area contributed by atoms with Crippen molar-refractivity contribution >= 4 is 23.1 Å². The number of hydrogen-bond acceptors (Lipinski definition) is 5. The highest BCUT2D eigenvalue weighted by atomic mass is 19.1. The minimum absolute atomic E-state index is 0.0126. The summed E-state index contributed by atoms with van der Waals surface area (Å²) in [5.74, 6) is -4.42. The van der Waals surface area contributed by atoms with Crippen LogP contribution in [0.2, 0.25) is 0 Å². The van der Waals surface area contributed by atoms with E-state index in [4.69, 9.17) is 0 Å². The predicted octanol–water partition coefficient (Wildman–Crippen LogP) is 4.36. The Morgan fingerprint density at radius 3 is 2.41 bits per heavy atom. The Morgan fingerprint density at radius 2 is 1.75 bits per heavy atom. The number of nitrogens with zero attached hydrogens (tertiary/aromatic N) is 4. The smallest absolute Gasteiger partial charge is 0.262 e. The van der Waals surface area contributed by atoms with Gasteiger partial charge >= 0.3 is 0 Å². The third kappa shape index (κ3) is 4.29. The Balaban J connectivity index is 1.52. The molecule has 0 spiro atoms. The van der Waals surface area contributed by atoms with Crippen LogP contribution in [0.4, 0.5) is 29.2 Å². The summed E-state index contributed by atoms with van der Waals surface area (Å²) in [6, 6.07) is 3.90. The van der Waals surface area contributed by atoms with E-state index in [2.05, 4.69) is 20.3 Å². The number of hydrogen-bond donors (Lipinski definition) is 1. The van der Waals surface area contributed by atoms with Crippen LogP contribution in [-0.4, -0.2) is 33.9 Å². The lowest BCUT2D eigenvalue weighted by atomic mass is 9.99. The van der Waals surface area contributed by atoms with Gasteiger partial charge in [0, 0.05) is 19.2 Å². The number of rotatable bonds is 4. The van der Waals surface area contributed by atoms with Crippen molar-refractivity contribution in [3.8, 4) is 0 Å². The normalized spacial score (nSPS) is 14.0. The molecule has 0 fully saturated rings. The van der Waals surface area contributed by atoms with Gasteiger partial charge in [0.1, 0.15) is 23.0 Å². The fourth-order valence-corrected chi connectivity index (χ4v) is 3.42. The number of halogens is 4. The van der Waals surface area contributed by atoms with Crippen molar-refractivity contribution in [2.45, 2.75) is 13.3 Å². The van der Waals surface area contributed by atoms with Crippen molar-refractivity contribution in [2.24, 2.45) is 0 Å². The molecular formula is C22H17F4N5O. The summed E-state index contributed by atoms with van der Waals surface area (Å²) in [4.78, 5) is 26.1. The number of carbonyl (C=O) groups excluding carboxylic acids is 1. The molecule has 1 aliphatic rings. The molecule has 32 heavy (non-hydrogen) atoms. The van der Waals surface area contributed by atoms with Gasteiger partial charge in [-0.25, -0.2) is 27.5 Å². The van der Waals surface area contributed by atoms with Crippen molar-refractivity contribution in [2.75, 3.05) is 23.3 Å². The van der Waals surface area contributed by atoms with Crippen LogP contribution in [0, 0.1) is 23.3 Å². The van der Waals surface area contributed by atoms with E-state index in [-0.39, 0.29) is 18.2 Å². The van der Waals surface area contributed by atoms with Crippen LogP contribution in [0.1, 0.15) is 29.4 Å². The summed E-state index contributed by atoms with van der Waals surface area (Å²) in [5, 5.41) is 2.31. The largest absolute Gasteiger partial charge is 0.349 e. The van der Waals surface area contributed by atoms with Crippen LogP contribution in [0.5, 0.6) is 0 Å². The van der Waals surface area contributed by atoms with E-state index in [1.165, 1.54) is 12.4 Å². The van der Waals surface area contributed by atoms with E-state index >= 15 is 0 Å². The molecule has 1 N–H and O–H groups in total. The van der Waals surface area contributed by atoms with E-state index in [1.54, 1.807) is 4.90 Å². The first-order valence-corrected chi connectivity index (χ1v) is 9.66. The molecule has 6 nitrogen and oxygen atoms in total. The van der Waals surface area contributed by atoms with Crippen LogP contribution in [-0.2, 0) is 0 Å². The zero-order valence-electron chi connectivity index (χ0n) is 16.9. The molecule has 4 rings (SSSR count). The van der Waals surface area contributed by atoms with Gasteiger partial charge in [-0.2, -0.15) is 0 Å². The van der Waals surface area contributed by atoms with E-state index < -0.39 is 34.7 Å². The number of amides is 1. The predicted molar refractivity (Wildman–Crippen MR) is 110 cm³/mol. The van der Waals surface area contributed by atoms with Crippen LogP contribution in [0.3, 0.4) is 0 Å². The molecule has 10 heteroatoms. The molecule has 0 atom stereocenters. The highest BCUT2D eigenvalue weighted by Gasteiger charge is 2.23. The summed E-state index contributed by atoms with van der Waals surface area (Å²) in [6.45, 7) is 2.70. The molecule has 0 saturated carbocycles. The van der Waals surface area contributed by atoms with Gasteiger partial charge in [0.05, 0.1) is 24.3 Å². The highest BCUT2D eigenvalue weighted by Crippen LogP contribution is 2.29. The fourth-order valence-electron chi connectivity index (χ4n) is 3.42. The Labute approximate surface area is 180 Å². The summed E-state index contributed by atoms with van der Waals surface area (Å²) in [5.41, 5.74) is 1.58. The summed E-state index contributed by atoms with van der Waals surface area (Å²) >= 11 is 0. The van der Waals surface area contributed by atoms with Gasteiger partial charge in [0.2, 0.25) is 0 Å². The summed E-state index contributed by atoms with van der Waals surface area (Å²) in [6.07, 6.45) is 4.24. The molecule has 3 heterocycles. The lowest BCUT2D eigenvalue weighted by molar-refractivity contribution is 0.101. The standard InChI is InChI=1S/C22H17F4N5O/c1-12-5-6-31(21-17(26)7-13(23)8-29-21)11-14(12)18-9-28-19(10-27-18)30-22(32)20-15(24)3-2-4-16(20)25/h2-4,7-10H,5-6,11H2,1H3,(H,28,30,32). The van der Waals surface area contributed by atoms with Crippen molar-refractivity contribution in [3.63, 3.8) is 0 Å². The number of aromatic nitrogens is 3. The summed E-state index contributed by atoms with van der Waals surface area (Å²) in [7, 11) is 0. The minimum Gasteiger partial charge on any atom is -0.349 e. The van der Waals surface area contributed by atoms with Crippen molar-refractivity contribution in [3.05, 3.63) is 83.0 Å². The Kier molecular flexibility index (Phi) is 5.85.